The summed E-state index contributed by atoms with van der Waals surface area (Å²) in [5, 5.41) is 9.35. The molecule has 0 bridgehead atoms. The summed E-state index contributed by atoms with van der Waals surface area (Å²) in [6.07, 6.45) is -0.270. The van der Waals surface area contributed by atoms with E-state index in [1.807, 2.05) is 4.90 Å². The molecular formula is C28H31BF4N5O6. The lowest BCUT2D eigenvalue weighted by Crippen LogP contribution is -2.47. The fraction of sp³-hybridized carbons (Fsp3) is 0.357. The molecule has 1 aromatic heterocycles. The Morgan fingerprint density at radius 1 is 1.02 bits per heavy atom. The number of carbonyl (C=O) groups is 3. The first-order chi connectivity index (χ1) is 19.5. The quantitative estimate of drug-likeness (QED) is 0.302. The van der Waals surface area contributed by atoms with Crippen LogP contribution in [0.5, 0.6) is 0 Å². The molecule has 3 N–H and O–H groups in total. The summed E-state index contributed by atoms with van der Waals surface area (Å²) >= 11 is 0. The molecule has 1 amide bonds. The van der Waals surface area contributed by atoms with Crippen LogP contribution in [-0.2, 0) is 16.1 Å². The van der Waals surface area contributed by atoms with Crippen molar-refractivity contribution in [1.82, 2.24) is 4.57 Å². The largest absolute Gasteiger partial charge is 0.477 e. The number of carboxylic acids is 1. The number of ketones is 1. The second-order valence-corrected chi connectivity index (χ2v) is 10.1. The number of halogens is 4. The van der Waals surface area contributed by atoms with Crippen LogP contribution < -0.4 is 25.9 Å². The first-order valence-electron chi connectivity index (χ1n) is 13.1. The summed E-state index contributed by atoms with van der Waals surface area (Å²) in [6, 6.07) is 6.03. The molecule has 2 saturated heterocycles. The number of cyclic esters (lactones) is 1. The van der Waals surface area contributed by atoms with Gasteiger partial charge in [0.05, 0.1) is 29.1 Å². The smallest absolute Gasteiger partial charge is 0.414 e. The fourth-order valence-electron chi connectivity index (χ4n) is 5.31. The Morgan fingerprint density at radius 2 is 1.61 bits per heavy atom. The van der Waals surface area contributed by atoms with E-state index in [9.17, 15) is 24.3 Å². The predicted octanol–water partition coefficient (Wildman–Crippen LogP) is 2.49. The number of carboxylic acid groups (broad SMARTS) is 1. The molecule has 0 saturated carbocycles. The van der Waals surface area contributed by atoms with Crippen LogP contribution in [0.3, 0.4) is 0 Å². The number of pyridine rings is 1. The lowest BCUT2D eigenvalue weighted by atomic mass is 10.1. The second kappa shape index (κ2) is 13.8. The van der Waals surface area contributed by atoms with Gasteiger partial charge in [0.15, 0.2) is 0 Å². The van der Waals surface area contributed by atoms with Gasteiger partial charge in [-0.3, -0.25) is 23.9 Å². The summed E-state index contributed by atoms with van der Waals surface area (Å²) in [6.45, 7) is 4.96. The number of hydrogen-bond donors (Lipinski definition) is 2. The molecule has 2 aromatic carbocycles. The number of benzene rings is 2. The summed E-state index contributed by atoms with van der Waals surface area (Å²) in [5.74, 6) is -2.90. The van der Waals surface area contributed by atoms with Crippen molar-refractivity contribution in [2.45, 2.75) is 32.5 Å². The summed E-state index contributed by atoms with van der Waals surface area (Å²) < 4.78 is 37.2. The standard InChI is InChI=1S/C28H29F2N5O6.B.2FH/c1-3-32-13-18(27(38)39)26(37)17-11-20(30)23(12-22(17)32)34-8-6-33(7-9-34)21-5-4-16(10-19(21)29)35-14-24(41-28(35)40)25(31)15(2)36;;;/h4-5,10-13,24-25H,3,6-9,14,31H2,1-2H3,(H,38,39);;2*1H/t24?,25-;;;/m1.../s1. The molecule has 235 valence electrons. The highest BCUT2D eigenvalue weighted by Crippen LogP contribution is 2.31. The van der Waals surface area contributed by atoms with Gasteiger partial charge in [-0.15, -0.1) is 0 Å². The topological polar surface area (TPSA) is 138 Å². The molecule has 3 heterocycles. The first kappa shape index (κ1) is 35.6. The molecule has 3 aromatic rings. The van der Waals surface area contributed by atoms with E-state index in [-0.39, 0.29) is 46.9 Å². The number of hydrogen-bond acceptors (Lipinski definition) is 8. The van der Waals surface area contributed by atoms with Gasteiger partial charge in [0.25, 0.3) is 0 Å². The summed E-state index contributed by atoms with van der Waals surface area (Å²) in [7, 11) is 0. The van der Waals surface area contributed by atoms with E-state index in [1.165, 1.54) is 24.1 Å². The fourth-order valence-corrected chi connectivity index (χ4v) is 5.31. The maximum absolute atomic E-state index is 15.2. The minimum atomic E-state index is -1.37. The Labute approximate surface area is 251 Å². The Morgan fingerprint density at radius 3 is 2.16 bits per heavy atom. The molecule has 5 rings (SSSR count). The van der Waals surface area contributed by atoms with Gasteiger partial charge in [0.1, 0.15) is 35.1 Å². The van der Waals surface area contributed by atoms with Crippen molar-refractivity contribution in [3.63, 3.8) is 0 Å². The second-order valence-electron chi connectivity index (χ2n) is 10.1. The van der Waals surface area contributed by atoms with Gasteiger partial charge in [0, 0.05) is 52.7 Å². The SMILES string of the molecule is CCn1cc(C(=O)O)c(=O)c2cc(F)c(N3CCN(c4ccc(N5CC([C@H](N)C(C)=O)OC5=O)cc4F)CC3)cc21.F.F.[B]. The molecule has 0 spiro atoms. The molecule has 44 heavy (non-hydrogen) atoms. The van der Waals surface area contributed by atoms with Gasteiger partial charge >= 0.3 is 12.1 Å². The Hall–Kier alpha value is -4.60. The number of piperazine rings is 1. The Bertz CT molecular complexity index is 1630. The first-order valence-corrected chi connectivity index (χ1v) is 13.1. The predicted molar refractivity (Wildman–Crippen MR) is 159 cm³/mol. The van der Waals surface area contributed by atoms with E-state index >= 15 is 8.78 Å². The Balaban J connectivity index is 0.00000225. The van der Waals surface area contributed by atoms with E-state index < -0.39 is 46.8 Å². The van der Waals surface area contributed by atoms with Crippen molar-refractivity contribution in [3.8, 4) is 0 Å². The number of Topliss-reactive ketones (excluding diaryl/α,β-unsaturated/α-hetero) is 1. The van der Waals surface area contributed by atoms with E-state index in [0.717, 1.165) is 6.07 Å². The maximum Gasteiger partial charge on any atom is 0.414 e. The van der Waals surface area contributed by atoms with Crippen LogP contribution in [0, 0.1) is 11.6 Å². The highest BCUT2D eigenvalue weighted by atomic mass is 19.1. The van der Waals surface area contributed by atoms with Gasteiger partial charge in [-0.1, -0.05) is 0 Å². The summed E-state index contributed by atoms with van der Waals surface area (Å²) in [4.78, 5) is 52.8. The van der Waals surface area contributed by atoms with Crippen molar-refractivity contribution in [2.24, 2.45) is 5.73 Å². The number of amides is 1. The number of aromatic nitrogens is 1. The molecule has 2 aliphatic heterocycles. The van der Waals surface area contributed by atoms with Crippen molar-refractivity contribution >= 4 is 54.2 Å². The number of ether oxygens (including phenoxy) is 1. The molecule has 3 radical (unpaired) electrons. The average molecular weight is 620 g/mol. The molecule has 2 fully saturated rings. The normalized spacial score (nSPS) is 16.9. The number of nitrogens with two attached hydrogens (primary N) is 1. The van der Waals surface area contributed by atoms with Crippen molar-refractivity contribution in [2.75, 3.05) is 47.4 Å². The maximum atomic E-state index is 15.2. The number of aryl methyl sites for hydroxylation is 1. The van der Waals surface area contributed by atoms with Gasteiger partial charge < -0.3 is 29.9 Å². The zero-order valence-corrected chi connectivity index (χ0v) is 23.9. The van der Waals surface area contributed by atoms with Crippen molar-refractivity contribution in [1.29, 1.82) is 0 Å². The minimum absolute atomic E-state index is 0. The third kappa shape index (κ3) is 6.34. The number of rotatable bonds is 7. The van der Waals surface area contributed by atoms with Crippen molar-refractivity contribution < 1.29 is 42.4 Å². The molecule has 1 unspecified atom stereocenters. The zero-order valence-electron chi connectivity index (χ0n) is 23.9. The molecule has 0 aliphatic carbocycles. The highest BCUT2D eigenvalue weighted by molar-refractivity contribution is 5.94. The van der Waals surface area contributed by atoms with Crippen LogP contribution in [0.15, 0.2) is 41.3 Å². The Kier molecular flexibility index (Phi) is 11.2. The number of nitrogens with zero attached hydrogens (tertiary/aromatic N) is 4. The van der Waals surface area contributed by atoms with Crippen LogP contribution in [0.2, 0.25) is 0 Å². The number of aromatic carboxylic acids is 1. The number of anilines is 3. The lowest BCUT2D eigenvalue weighted by molar-refractivity contribution is -0.120. The molecule has 16 heteroatoms. The number of carbonyl (C=O) groups excluding carboxylic acids is 2. The average Bonchev–Trinajstić information content (AvgIpc) is 3.34. The zero-order chi connectivity index (χ0) is 29.6. The highest BCUT2D eigenvalue weighted by Gasteiger charge is 2.38. The van der Waals surface area contributed by atoms with Crippen LogP contribution in [0.4, 0.5) is 40.0 Å². The minimum Gasteiger partial charge on any atom is -0.477 e. The number of fused-ring (bicyclic) bond motifs is 1. The van der Waals surface area contributed by atoms with Crippen LogP contribution >= 0.6 is 0 Å². The van der Waals surface area contributed by atoms with E-state index in [2.05, 4.69) is 0 Å². The van der Waals surface area contributed by atoms with Gasteiger partial charge in [-0.25, -0.2) is 18.4 Å². The van der Waals surface area contributed by atoms with Crippen LogP contribution in [-0.4, -0.2) is 80.8 Å². The van der Waals surface area contributed by atoms with Crippen LogP contribution in [0.1, 0.15) is 24.2 Å². The third-order valence-corrected chi connectivity index (χ3v) is 7.63. The van der Waals surface area contributed by atoms with E-state index in [1.54, 1.807) is 34.6 Å². The molecule has 2 aliphatic rings. The van der Waals surface area contributed by atoms with Crippen molar-refractivity contribution in [3.05, 3.63) is 63.9 Å². The van der Waals surface area contributed by atoms with Gasteiger partial charge in [-0.2, -0.15) is 0 Å². The molecule has 2 atom stereocenters. The van der Waals surface area contributed by atoms with E-state index in [0.29, 0.717) is 43.9 Å². The molecular weight excluding hydrogens is 589 g/mol. The third-order valence-electron chi connectivity index (χ3n) is 7.63. The monoisotopic (exact) mass is 620 g/mol. The van der Waals surface area contributed by atoms with E-state index in [4.69, 9.17) is 10.5 Å². The van der Waals surface area contributed by atoms with Gasteiger partial charge in [0.2, 0.25) is 5.43 Å². The summed E-state index contributed by atoms with van der Waals surface area (Å²) in [5.41, 5.74) is 5.93. The lowest BCUT2D eigenvalue weighted by Gasteiger charge is -2.37. The molecule has 11 nitrogen and oxygen atoms in total. The van der Waals surface area contributed by atoms with Gasteiger partial charge in [-0.05, 0) is 44.2 Å². The van der Waals surface area contributed by atoms with Crippen LogP contribution in [0.25, 0.3) is 10.9 Å².